The first-order chi connectivity index (χ1) is 17.5. The molecule has 36 heavy (non-hydrogen) atoms. The van der Waals surface area contributed by atoms with Crippen LogP contribution in [0.2, 0.25) is 0 Å². The third-order valence-corrected chi connectivity index (χ3v) is 7.65. The normalized spacial score (nSPS) is 20.9. The summed E-state index contributed by atoms with van der Waals surface area (Å²) in [6, 6.07) is 6.33. The summed E-state index contributed by atoms with van der Waals surface area (Å²) in [4.78, 5) is 32.6. The van der Waals surface area contributed by atoms with Crippen molar-refractivity contribution in [3.05, 3.63) is 48.0 Å². The number of fused-ring (bicyclic) bond motifs is 4. The molecule has 0 radical (unpaired) electrons. The van der Waals surface area contributed by atoms with Crippen molar-refractivity contribution < 1.29 is 9.90 Å². The van der Waals surface area contributed by atoms with Gasteiger partial charge in [-0.25, -0.2) is 9.97 Å². The first kappa shape index (κ1) is 22.8. The molecule has 6 rings (SSSR count). The van der Waals surface area contributed by atoms with E-state index in [0.29, 0.717) is 37.3 Å². The Morgan fingerprint density at radius 3 is 2.75 bits per heavy atom. The molecule has 0 bridgehead atoms. The molecule has 186 valence electrons. The highest BCUT2D eigenvalue weighted by Crippen LogP contribution is 2.38. The first-order valence-corrected chi connectivity index (χ1v) is 12.8. The largest absolute Gasteiger partial charge is 0.384 e. The van der Waals surface area contributed by atoms with E-state index in [4.69, 9.17) is 9.97 Å². The minimum Gasteiger partial charge on any atom is -0.384 e. The zero-order valence-electron chi connectivity index (χ0n) is 20.7. The average molecular weight is 486 g/mol. The van der Waals surface area contributed by atoms with Crippen LogP contribution in [-0.2, 0) is 17.8 Å². The summed E-state index contributed by atoms with van der Waals surface area (Å²) >= 11 is 0. The Balaban J connectivity index is 1.31. The summed E-state index contributed by atoms with van der Waals surface area (Å²) in [6.45, 7) is 4.85. The van der Waals surface area contributed by atoms with Gasteiger partial charge in [0.25, 0.3) is 5.91 Å². The van der Waals surface area contributed by atoms with Gasteiger partial charge in [-0.1, -0.05) is 13.0 Å². The number of anilines is 2. The quantitative estimate of drug-likeness (QED) is 0.447. The molecule has 9 nitrogen and oxygen atoms in total. The number of pyridine rings is 2. The van der Waals surface area contributed by atoms with Crippen LogP contribution in [0.15, 0.2) is 36.8 Å². The molecule has 1 saturated carbocycles. The molecule has 1 aliphatic carbocycles. The summed E-state index contributed by atoms with van der Waals surface area (Å²) in [6.07, 6.45) is 10.1. The van der Waals surface area contributed by atoms with Gasteiger partial charge in [-0.3, -0.25) is 9.78 Å². The van der Waals surface area contributed by atoms with E-state index in [0.717, 1.165) is 52.0 Å². The highest BCUT2D eigenvalue weighted by atomic mass is 16.3. The number of carbonyl (C=O) groups is 1. The molecule has 0 aromatic carbocycles. The van der Waals surface area contributed by atoms with Crippen molar-refractivity contribution >= 4 is 39.6 Å². The van der Waals surface area contributed by atoms with Crippen LogP contribution < -0.4 is 5.32 Å². The van der Waals surface area contributed by atoms with E-state index in [1.54, 1.807) is 4.90 Å². The Hall–Kier alpha value is -3.59. The minimum atomic E-state index is -0.990. The van der Waals surface area contributed by atoms with E-state index in [1.165, 1.54) is 19.8 Å². The van der Waals surface area contributed by atoms with E-state index >= 15 is 0 Å². The number of amides is 1. The number of nitrogens with one attached hydrogen (secondary N) is 1. The summed E-state index contributed by atoms with van der Waals surface area (Å²) in [7, 11) is 0. The van der Waals surface area contributed by atoms with Gasteiger partial charge in [0.15, 0.2) is 0 Å². The molecule has 4 aromatic rings. The molecule has 0 spiro atoms. The third kappa shape index (κ3) is 4.07. The second-order valence-corrected chi connectivity index (χ2v) is 10.2. The van der Waals surface area contributed by atoms with Crippen LogP contribution in [0, 0.1) is 5.92 Å². The van der Waals surface area contributed by atoms with Crippen LogP contribution in [0.3, 0.4) is 0 Å². The number of aliphatic hydroxyl groups is 1. The fourth-order valence-electron chi connectivity index (χ4n) is 5.65. The van der Waals surface area contributed by atoms with Crippen molar-refractivity contribution in [1.82, 2.24) is 29.4 Å². The van der Waals surface area contributed by atoms with E-state index in [1.807, 2.05) is 36.8 Å². The molecule has 0 saturated heterocycles. The Morgan fingerprint density at radius 2 is 1.94 bits per heavy atom. The summed E-state index contributed by atoms with van der Waals surface area (Å²) in [5.74, 6) is 1.71. The van der Waals surface area contributed by atoms with Crippen molar-refractivity contribution in [2.75, 3.05) is 11.9 Å². The first-order valence-electron chi connectivity index (χ1n) is 12.8. The molecule has 9 heteroatoms. The fourth-order valence-corrected chi connectivity index (χ4v) is 5.65. The third-order valence-electron chi connectivity index (χ3n) is 7.65. The summed E-state index contributed by atoms with van der Waals surface area (Å²) in [5, 5.41) is 15.1. The van der Waals surface area contributed by atoms with E-state index in [9.17, 15) is 9.90 Å². The molecule has 1 fully saturated rings. The maximum absolute atomic E-state index is 12.2. The van der Waals surface area contributed by atoms with Crippen LogP contribution in [0.4, 0.5) is 11.8 Å². The number of nitrogens with zero attached hydrogens (tertiary/aromatic N) is 6. The van der Waals surface area contributed by atoms with E-state index < -0.39 is 6.10 Å². The van der Waals surface area contributed by atoms with Crippen molar-refractivity contribution in [2.45, 2.75) is 64.6 Å². The molecule has 1 atom stereocenters. The summed E-state index contributed by atoms with van der Waals surface area (Å²) in [5.41, 5.74) is 3.99. The summed E-state index contributed by atoms with van der Waals surface area (Å²) < 4.78 is 2.37. The maximum Gasteiger partial charge on any atom is 0.251 e. The van der Waals surface area contributed by atoms with Crippen molar-refractivity contribution in [3.8, 4) is 0 Å². The highest BCUT2D eigenvalue weighted by Gasteiger charge is 2.26. The van der Waals surface area contributed by atoms with Crippen LogP contribution >= 0.6 is 0 Å². The van der Waals surface area contributed by atoms with Crippen LogP contribution in [-0.4, -0.2) is 53.1 Å². The molecule has 1 unspecified atom stereocenters. The Labute approximate surface area is 209 Å². The lowest BCUT2D eigenvalue weighted by molar-refractivity contribution is -0.140. The second-order valence-electron chi connectivity index (χ2n) is 10.2. The molecule has 5 heterocycles. The number of aliphatic hydroxyl groups excluding tert-OH is 1. The topological polar surface area (TPSA) is 109 Å². The van der Waals surface area contributed by atoms with Gasteiger partial charge < -0.3 is 19.9 Å². The van der Waals surface area contributed by atoms with Crippen LogP contribution in [0.1, 0.15) is 56.8 Å². The van der Waals surface area contributed by atoms with E-state index in [2.05, 4.69) is 26.8 Å². The van der Waals surface area contributed by atoms with Crippen molar-refractivity contribution in [3.63, 3.8) is 0 Å². The Bertz CT molecular complexity index is 1440. The number of hydrogen-bond donors (Lipinski definition) is 2. The fraction of sp³-hybridized carbons (Fsp3) is 0.444. The SMILES string of the molecule is CC1CCC(n2c3cnccc3c3cnc(Nc4ccc5c(n4)CCN(C(=O)C(C)O)C5)nc32)CC1. The van der Waals surface area contributed by atoms with Crippen molar-refractivity contribution in [2.24, 2.45) is 5.92 Å². The lowest BCUT2D eigenvalue weighted by atomic mass is 9.87. The predicted molar refractivity (Wildman–Crippen MR) is 138 cm³/mol. The van der Waals surface area contributed by atoms with Gasteiger partial charge >= 0.3 is 0 Å². The van der Waals surface area contributed by atoms with Gasteiger partial charge in [0.2, 0.25) is 5.95 Å². The molecular formula is C27H31N7O2. The van der Waals surface area contributed by atoms with Gasteiger partial charge in [-0.2, -0.15) is 4.98 Å². The molecule has 2 aliphatic rings. The average Bonchev–Trinajstić information content (AvgIpc) is 3.22. The van der Waals surface area contributed by atoms with Crippen LogP contribution in [0.5, 0.6) is 0 Å². The minimum absolute atomic E-state index is 0.248. The van der Waals surface area contributed by atoms with Gasteiger partial charge in [0.05, 0.1) is 11.7 Å². The zero-order chi connectivity index (χ0) is 24.8. The van der Waals surface area contributed by atoms with Gasteiger partial charge in [0.1, 0.15) is 17.6 Å². The molecular weight excluding hydrogens is 454 g/mol. The molecule has 1 aliphatic heterocycles. The predicted octanol–water partition coefficient (Wildman–Crippen LogP) is 4.13. The second kappa shape index (κ2) is 9.13. The van der Waals surface area contributed by atoms with Gasteiger partial charge in [0, 0.05) is 54.4 Å². The lowest BCUT2D eigenvalue weighted by Gasteiger charge is -2.29. The van der Waals surface area contributed by atoms with Crippen LogP contribution in [0.25, 0.3) is 21.9 Å². The smallest absolute Gasteiger partial charge is 0.251 e. The molecule has 1 amide bonds. The molecule has 4 aromatic heterocycles. The Kier molecular flexibility index (Phi) is 5.79. The number of aromatic nitrogens is 5. The lowest BCUT2D eigenvalue weighted by Crippen LogP contribution is -2.41. The van der Waals surface area contributed by atoms with Crippen molar-refractivity contribution in [1.29, 1.82) is 0 Å². The van der Waals surface area contributed by atoms with E-state index in [-0.39, 0.29) is 5.91 Å². The van der Waals surface area contributed by atoms with Gasteiger partial charge in [-0.05, 0) is 56.2 Å². The number of hydrogen-bond acceptors (Lipinski definition) is 7. The standard InChI is InChI=1S/C27H31N7O2/c1-16-3-6-19(7-4-16)34-23-14-28-11-9-20(23)21-13-29-27(32-25(21)34)31-24-8-5-18-15-33(26(36)17(2)35)12-10-22(18)30-24/h5,8-9,11,13-14,16-17,19,35H,3-4,6-7,10,12,15H2,1-2H3,(H,29,30,31,32). The maximum atomic E-state index is 12.2. The highest BCUT2D eigenvalue weighted by molar-refractivity contribution is 6.06. The van der Waals surface area contributed by atoms with Gasteiger partial charge in [-0.15, -0.1) is 0 Å². The molecule has 2 N–H and O–H groups in total. The number of rotatable bonds is 4. The Morgan fingerprint density at radius 1 is 1.11 bits per heavy atom. The monoisotopic (exact) mass is 485 g/mol. The number of carbonyl (C=O) groups excluding carboxylic acids is 1. The zero-order valence-corrected chi connectivity index (χ0v) is 20.7.